The molecule has 5 heteroatoms. The van der Waals surface area contributed by atoms with Crippen LogP contribution in [0.25, 0.3) is 0 Å². The first-order valence-electron chi connectivity index (χ1n) is 11.3. The van der Waals surface area contributed by atoms with Crippen LogP contribution >= 0.6 is 0 Å². The minimum absolute atomic E-state index is 0.115. The van der Waals surface area contributed by atoms with Crippen molar-refractivity contribution < 1.29 is 9.53 Å². The molecule has 0 saturated carbocycles. The van der Waals surface area contributed by atoms with Gasteiger partial charge in [-0.05, 0) is 81.6 Å². The molecule has 2 aliphatic rings. The second-order valence-electron chi connectivity index (χ2n) is 8.14. The Bertz CT molecular complexity index is 876. The summed E-state index contributed by atoms with van der Waals surface area (Å²) < 4.78 is 5.62. The molecule has 1 amide bonds. The van der Waals surface area contributed by atoms with Gasteiger partial charge in [-0.2, -0.15) is 0 Å². The first-order chi connectivity index (χ1) is 14.7. The summed E-state index contributed by atoms with van der Waals surface area (Å²) in [4.78, 5) is 14.8. The molecule has 3 atom stereocenters. The van der Waals surface area contributed by atoms with E-state index in [1.807, 2.05) is 31.7 Å². The van der Waals surface area contributed by atoms with Gasteiger partial charge < -0.3 is 20.3 Å². The molecule has 0 spiro atoms. The number of anilines is 1. The van der Waals surface area contributed by atoms with Gasteiger partial charge in [0, 0.05) is 36.3 Å². The lowest BCUT2D eigenvalue weighted by Crippen LogP contribution is -2.42. The Morgan fingerprint density at radius 3 is 2.53 bits per heavy atom. The Morgan fingerprint density at radius 2 is 1.83 bits per heavy atom. The first-order valence-corrected chi connectivity index (χ1v) is 11.3. The number of fused-ring (bicyclic) bond motifs is 3. The minimum atomic E-state index is 0.115. The molecular weight excluding hydrogens is 374 g/mol. The molecule has 2 aliphatic heterocycles. The summed E-state index contributed by atoms with van der Waals surface area (Å²) in [7, 11) is 0. The van der Waals surface area contributed by atoms with Crippen LogP contribution in [0.2, 0.25) is 0 Å². The smallest absolute Gasteiger partial charge is 0.253 e. The van der Waals surface area contributed by atoms with Crippen molar-refractivity contribution in [3.05, 3.63) is 59.2 Å². The van der Waals surface area contributed by atoms with E-state index < -0.39 is 0 Å². The molecule has 3 unspecified atom stereocenters. The van der Waals surface area contributed by atoms with Gasteiger partial charge in [0.2, 0.25) is 0 Å². The first kappa shape index (κ1) is 20.7. The largest absolute Gasteiger partial charge is 0.494 e. The quantitative estimate of drug-likeness (QED) is 0.724. The number of amides is 1. The lowest BCUT2D eigenvalue weighted by molar-refractivity contribution is 0.0772. The third-order valence-corrected chi connectivity index (χ3v) is 6.48. The van der Waals surface area contributed by atoms with Crippen molar-refractivity contribution in [2.75, 3.05) is 31.6 Å². The van der Waals surface area contributed by atoms with Crippen LogP contribution in [0.1, 0.15) is 67.2 Å². The van der Waals surface area contributed by atoms with Gasteiger partial charge in [0.1, 0.15) is 5.75 Å². The van der Waals surface area contributed by atoms with E-state index in [0.717, 1.165) is 43.1 Å². The Labute approximate surface area is 179 Å². The van der Waals surface area contributed by atoms with Crippen LogP contribution < -0.4 is 15.4 Å². The fourth-order valence-corrected chi connectivity index (χ4v) is 4.93. The summed E-state index contributed by atoms with van der Waals surface area (Å²) in [6.07, 6.45) is 2.33. The van der Waals surface area contributed by atoms with Crippen molar-refractivity contribution in [2.24, 2.45) is 5.92 Å². The average Bonchev–Trinajstić information content (AvgIpc) is 2.80. The van der Waals surface area contributed by atoms with Crippen LogP contribution in [0, 0.1) is 5.92 Å². The van der Waals surface area contributed by atoms with Crippen molar-refractivity contribution in [2.45, 2.75) is 45.7 Å². The molecule has 160 valence electrons. The number of nitrogens with one attached hydrogen (secondary N) is 2. The maximum atomic E-state index is 12.9. The summed E-state index contributed by atoms with van der Waals surface area (Å²) >= 11 is 0. The summed E-state index contributed by atoms with van der Waals surface area (Å²) in [5.41, 5.74) is 4.41. The van der Waals surface area contributed by atoms with Gasteiger partial charge >= 0.3 is 0 Å². The predicted octanol–water partition coefficient (Wildman–Crippen LogP) is 4.77. The maximum Gasteiger partial charge on any atom is 0.253 e. The Hall–Kier alpha value is -2.53. The van der Waals surface area contributed by atoms with Crippen molar-refractivity contribution in [1.29, 1.82) is 0 Å². The number of nitrogens with zero attached hydrogens (tertiary/aromatic N) is 1. The van der Waals surface area contributed by atoms with Crippen molar-refractivity contribution in [3.63, 3.8) is 0 Å². The zero-order valence-electron chi connectivity index (χ0n) is 18.3. The van der Waals surface area contributed by atoms with Gasteiger partial charge in [-0.3, -0.25) is 4.79 Å². The molecule has 1 fully saturated rings. The van der Waals surface area contributed by atoms with Gasteiger partial charge in [0.15, 0.2) is 0 Å². The lowest BCUT2D eigenvalue weighted by atomic mass is 9.75. The third-order valence-electron chi connectivity index (χ3n) is 6.48. The molecule has 0 bridgehead atoms. The van der Waals surface area contributed by atoms with Gasteiger partial charge in [-0.1, -0.05) is 12.1 Å². The standard InChI is InChI=1S/C25H33N3O2/c1-4-28(5-2)25(29)18-11-14-22-21(16-18)24-20(8-7-15-26-24)23(27-22)17-9-12-19(13-10-17)30-6-3/h9-14,16,20,23-24,26-27H,4-8,15H2,1-3H3. The predicted molar refractivity (Wildman–Crippen MR) is 121 cm³/mol. The molecule has 0 radical (unpaired) electrons. The lowest BCUT2D eigenvalue weighted by Gasteiger charge is -2.44. The second-order valence-corrected chi connectivity index (χ2v) is 8.14. The summed E-state index contributed by atoms with van der Waals surface area (Å²) in [5.74, 6) is 1.47. The highest BCUT2D eigenvalue weighted by Gasteiger charge is 2.39. The van der Waals surface area contributed by atoms with Crippen molar-refractivity contribution in [3.8, 4) is 5.75 Å². The van der Waals surface area contributed by atoms with Crippen LogP contribution in [0.5, 0.6) is 5.75 Å². The second kappa shape index (κ2) is 9.09. The van der Waals surface area contributed by atoms with E-state index in [0.29, 0.717) is 12.5 Å². The number of carbonyl (C=O) groups excluding carboxylic acids is 1. The van der Waals surface area contributed by atoms with Crippen LogP contribution in [0.4, 0.5) is 5.69 Å². The number of hydrogen-bond acceptors (Lipinski definition) is 4. The zero-order chi connectivity index (χ0) is 21.1. The number of carbonyl (C=O) groups is 1. The molecule has 4 rings (SSSR count). The SMILES string of the molecule is CCOc1ccc(C2Nc3ccc(C(=O)N(CC)CC)cc3C3NCCCC23)cc1. The molecule has 0 aliphatic carbocycles. The Balaban J connectivity index is 1.66. The van der Waals surface area contributed by atoms with E-state index in [4.69, 9.17) is 4.74 Å². The van der Waals surface area contributed by atoms with E-state index >= 15 is 0 Å². The topological polar surface area (TPSA) is 53.6 Å². The van der Waals surface area contributed by atoms with Crippen LogP contribution in [0.15, 0.2) is 42.5 Å². The van der Waals surface area contributed by atoms with Crippen LogP contribution in [-0.2, 0) is 0 Å². The van der Waals surface area contributed by atoms with Crippen LogP contribution in [0.3, 0.4) is 0 Å². The number of piperidine rings is 1. The molecule has 1 saturated heterocycles. The van der Waals surface area contributed by atoms with E-state index in [1.165, 1.54) is 17.5 Å². The molecule has 2 heterocycles. The van der Waals surface area contributed by atoms with Gasteiger partial charge in [0.25, 0.3) is 5.91 Å². The zero-order valence-corrected chi connectivity index (χ0v) is 18.3. The fraction of sp³-hybridized carbons (Fsp3) is 0.480. The van der Waals surface area contributed by atoms with Gasteiger partial charge in [0.05, 0.1) is 12.6 Å². The maximum absolute atomic E-state index is 12.9. The monoisotopic (exact) mass is 407 g/mol. The number of ether oxygens (including phenoxy) is 1. The molecule has 2 N–H and O–H groups in total. The van der Waals surface area contributed by atoms with E-state index in [9.17, 15) is 4.79 Å². The normalized spacial score (nSPS) is 22.4. The number of rotatable bonds is 6. The van der Waals surface area contributed by atoms with E-state index in [2.05, 4.69) is 47.0 Å². The fourth-order valence-electron chi connectivity index (χ4n) is 4.93. The molecular formula is C25H33N3O2. The third kappa shape index (κ3) is 3.91. The van der Waals surface area contributed by atoms with E-state index in [1.54, 1.807) is 0 Å². The highest BCUT2D eigenvalue weighted by Crippen LogP contribution is 2.47. The number of hydrogen-bond donors (Lipinski definition) is 2. The summed E-state index contributed by atoms with van der Waals surface area (Å²) in [6, 6.07) is 15.1. The minimum Gasteiger partial charge on any atom is -0.494 e. The number of benzene rings is 2. The molecule has 2 aromatic carbocycles. The van der Waals surface area contributed by atoms with Crippen LogP contribution in [-0.4, -0.2) is 37.0 Å². The molecule has 30 heavy (non-hydrogen) atoms. The Kier molecular flexibility index (Phi) is 6.28. The summed E-state index contributed by atoms with van der Waals surface area (Å²) in [5, 5.41) is 7.52. The highest BCUT2D eigenvalue weighted by molar-refractivity contribution is 5.95. The molecule has 5 nitrogen and oxygen atoms in total. The summed E-state index contributed by atoms with van der Waals surface area (Å²) in [6.45, 7) is 9.22. The molecule has 0 aromatic heterocycles. The molecule has 2 aromatic rings. The van der Waals surface area contributed by atoms with Crippen molar-refractivity contribution in [1.82, 2.24) is 10.2 Å². The van der Waals surface area contributed by atoms with Gasteiger partial charge in [-0.15, -0.1) is 0 Å². The van der Waals surface area contributed by atoms with Crippen molar-refractivity contribution >= 4 is 11.6 Å². The Morgan fingerprint density at radius 1 is 1.07 bits per heavy atom. The highest BCUT2D eigenvalue weighted by atomic mass is 16.5. The van der Waals surface area contributed by atoms with Gasteiger partial charge in [-0.25, -0.2) is 0 Å². The van der Waals surface area contributed by atoms with E-state index in [-0.39, 0.29) is 18.0 Å². The average molecular weight is 408 g/mol.